The van der Waals surface area contributed by atoms with E-state index in [4.69, 9.17) is 5.73 Å². The van der Waals surface area contributed by atoms with Crippen LogP contribution in [0.3, 0.4) is 0 Å². The maximum Gasteiger partial charge on any atom is 0.0794 e. The summed E-state index contributed by atoms with van der Waals surface area (Å²) in [5.74, 6) is 0. The van der Waals surface area contributed by atoms with Crippen LogP contribution in [0.5, 0.6) is 0 Å². The molecule has 0 aromatic carbocycles. The second-order valence-electron chi connectivity index (χ2n) is 3.58. The lowest BCUT2D eigenvalue weighted by molar-refractivity contribution is 0.207. The molecular weight excluding hydrogens is 218 g/mol. The van der Waals surface area contributed by atoms with Crippen LogP contribution in [0.25, 0.3) is 0 Å². The third-order valence-electron chi connectivity index (χ3n) is 2.50. The molecule has 14 heavy (non-hydrogen) atoms. The molecule has 0 bridgehead atoms. The summed E-state index contributed by atoms with van der Waals surface area (Å²) in [5.41, 5.74) is 7.73. The Morgan fingerprint density at radius 2 is 2.21 bits per heavy atom. The molecule has 3 nitrogen and oxygen atoms in total. The standard InChI is InChI=1S/C9H15N3S.ClH/c10-8-1-3-12(4-2-8)6-9-5-11-7-13-9;/h5,7-8H,1-4,6,10H2;1H. The van der Waals surface area contributed by atoms with E-state index in [1.54, 1.807) is 11.3 Å². The lowest BCUT2D eigenvalue weighted by Gasteiger charge is -2.29. The molecule has 80 valence electrons. The van der Waals surface area contributed by atoms with Crippen LogP contribution < -0.4 is 5.73 Å². The highest BCUT2D eigenvalue weighted by molar-refractivity contribution is 7.09. The van der Waals surface area contributed by atoms with Gasteiger partial charge in [-0.1, -0.05) is 0 Å². The Balaban J connectivity index is 0.000000980. The molecule has 1 aliphatic rings. The summed E-state index contributed by atoms with van der Waals surface area (Å²) in [7, 11) is 0. The van der Waals surface area contributed by atoms with Crippen LogP contribution in [0.15, 0.2) is 11.7 Å². The summed E-state index contributed by atoms with van der Waals surface area (Å²) < 4.78 is 0. The zero-order chi connectivity index (χ0) is 9.10. The molecule has 0 aliphatic carbocycles. The minimum atomic E-state index is 0. The minimum absolute atomic E-state index is 0. The number of thiazole rings is 1. The van der Waals surface area contributed by atoms with E-state index in [1.165, 1.54) is 4.88 Å². The Morgan fingerprint density at radius 3 is 2.79 bits per heavy atom. The zero-order valence-electron chi connectivity index (χ0n) is 8.06. The first-order valence-electron chi connectivity index (χ1n) is 4.70. The topological polar surface area (TPSA) is 42.1 Å². The molecule has 2 rings (SSSR count). The van der Waals surface area contributed by atoms with Crippen molar-refractivity contribution in [1.29, 1.82) is 0 Å². The molecule has 1 aromatic heterocycles. The number of hydrogen-bond acceptors (Lipinski definition) is 4. The first kappa shape index (κ1) is 11.9. The predicted octanol–water partition coefficient (Wildman–Crippen LogP) is 1.49. The molecule has 1 aliphatic heterocycles. The molecule has 0 saturated carbocycles. The smallest absolute Gasteiger partial charge is 0.0794 e. The van der Waals surface area contributed by atoms with E-state index in [-0.39, 0.29) is 12.4 Å². The molecule has 0 unspecified atom stereocenters. The Hall–Kier alpha value is -0.160. The van der Waals surface area contributed by atoms with Crippen LogP contribution >= 0.6 is 23.7 Å². The van der Waals surface area contributed by atoms with E-state index < -0.39 is 0 Å². The number of likely N-dealkylation sites (tertiary alicyclic amines) is 1. The average Bonchev–Trinajstić information content (AvgIpc) is 2.62. The molecule has 1 saturated heterocycles. The van der Waals surface area contributed by atoms with Crippen LogP contribution in [-0.2, 0) is 6.54 Å². The Kier molecular flexibility index (Phi) is 4.81. The van der Waals surface area contributed by atoms with Gasteiger partial charge in [0.15, 0.2) is 0 Å². The van der Waals surface area contributed by atoms with Gasteiger partial charge in [0, 0.05) is 23.7 Å². The molecule has 0 atom stereocenters. The van der Waals surface area contributed by atoms with E-state index in [0.717, 1.165) is 32.5 Å². The van der Waals surface area contributed by atoms with E-state index in [0.29, 0.717) is 6.04 Å². The van der Waals surface area contributed by atoms with Gasteiger partial charge in [0.25, 0.3) is 0 Å². The number of nitrogens with two attached hydrogens (primary N) is 1. The summed E-state index contributed by atoms with van der Waals surface area (Å²) in [6.07, 6.45) is 4.23. The van der Waals surface area contributed by atoms with Crippen molar-refractivity contribution < 1.29 is 0 Å². The van der Waals surface area contributed by atoms with Gasteiger partial charge in [0.2, 0.25) is 0 Å². The summed E-state index contributed by atoms with van der Waals surface area (Å²) in [5, 5.41) is 0. The Labute approximate surface area is 94.7 Å². The van der Waals surface area contributed by atoms with Crippen molar-refractivity contribution in [3.63, 3.8) is 0 Å². The van der Waals surface area contributed by atoms with Gasteiger partial charge >= 0.3 is 0 Å². The molecular formula is C9H16ClN3S. The van der Waals surface area contributed by atoms with Crippen LogP contribution in [-0.4, -0.2) is 29.0 Å². The molecule has 2 N–H and O–H groups in total. The average molecular weight is 234 g/mol. The summed E-state index contributed by atoms with van der Waals surface area (Å²) in [6, 6.07) is 0.428. The fourth-order valence-electron chi connectivity index (χ4n) is 1.65. The lowest BCUT2D eigenvalue weighted by Crippen LogP contribution is -2.39. The summed E-state index contributed by atoms with van der Waals surface area (Å²) >= 11 is 1.73. The first-order valence-corrected chi connectivity index (χ1v) is 5.58. The second-order valence-corrected chi connectivity index (χ2v) is 4.55. The third kappa shape index (κ3) is 3.20. The van der Waals surface area contributed by atoms with Crippen molar-refractivity contribution in [2.24, 2.45) is 5.73 Å². The molecule has 1 fully saturated rings. The fourth-order valence-corrected chi connectivity index (χ4v) is 2.29. The number of hydrogen-bond donors (Lipinski definition) is 1. The van der Waals surface area contributed by atoms with E-state index >= 15 is 0 Å². The molecule has 0 radical (unpaired) electrons. The highest BCUT2D eigenvalue weighted by Crippen LogP contribution is 2.14. The van der Waals surface area contributed by atoms with Crippen molar-refractivity contribution in [3.8, 4) is 0 Å². The van der Waals surface area contributed by atoms with Crippen LogP contribution in [0.2, 0.25) is 0 Å². The summed E-state index contributed by atoms with van der Waals surface area (Å²) in [6.45, 7) is 3.33. The van der Waals surface area contributed by atoms with Crippen LogP contribution in [0.1, 0.15) is 17.7 Å². The highest BCUT2D eigenvalue weighted by Gasteiger charge is 2.15. The maximum absolute atomic E-state index is 5.83. The fraction of sp³-hybridized carbons (Fsp3) is 0.667. The number of aromatic nitrogens is 1. The van der Waals surface area contributed by atoms with Gasteiger partial charge in [0.1, 0.15) is 0 Å². The van der Waals surface area contributed by atoms with Gasteiger partial charge in [-0.3, -0.25) is 9.88 Å². The molecule has 0 amide bonds. The third-order valence-corrected chi connectivity index (χ3v) is 3.26. The van der Waals surface area contributed by atoms with Crippen molar-refractivity contribution >= 4 is 23.7 Å². The largest absolute Gasteiger partial charge is 0.328 e. The van der Waals surface area contributed by atoms with Gasteiger partial charge in [-0.15, -0.1) is 23.7 Å². The van der Waals surface area contributed by atoms with E-state index in [9.17, 15) is 0 Å². The van der Waals surface area contributed by atoms with Crippen LogP contribution in [0.4, 0.5) is 0 Å². The maximum atomic E-state index is 5.83. The number of halogens is 1. The lowest BCUT2D eigenvalue weighted by atomic mass is 10.1. The Bertz CT molecular complexity index is 245. The van der Waals surface area contributed by atoms with Gasteiger partial charge in [-0.25, -0.2) is 0 Å². The van der Waals surface area contributed by atoms with E-state index in [1.807, 2.05) is 11.7 Å². The van der Waals surface area contributed by atoms with Crippen molar-refractivity contribution in [2.75, 3.05) is 13.1 Å². The highest BCUT2D eigenvalue weighted by atomic mass is 35.5. The van der Waals surface area contributed by atoms with Crippen molar-refractivity contribution in [2.45, 2.75) is 25.4 Å². The number of rotatable bonds is 2. The first-order chi connectivity index (χ1) is 6.34. The van der Waals surface area contributed by atoms with Crippen molar-refractivity contribution in [1.82, 2.24) is 9.88 Å². The molecule has 1 aromatic rings. The van der Waals surface area contributed by atoms with Gasteiger partial charge in [-0.2, -0.15) is 0 Å². The SMILES string of the molecule is Cl.NC1CCN(Cc2cncs2)CC1. The molecule has 0 spiro atoms. The van der Waals surface area contributed by atoms with Crippen molar-refractivity contribution in [3.05, 3.63) is 16.6 Å². The zero-order valence-corrected chi connectivity index (χ0v) is 9.69. The predicted molar refractivity (Wildman–Crippen MR) is 61.8 cm³/mol. The minimum Gasteiger partial charge on any atom is -0.328 e. The molecule has 5 heteroatoms. The quantitative estimate of drug-likeness (QED) is 0.842. The normalized spacial score (nSPS) is 19.2. The molecule has 2 heterocycles. The van der Waals surface area contributed by atoms with Crippen LogP contribution in [0, 0.1) is 0 Å². The number of piperidine rings is 1. The second kappa shape index (κ2) is 5.66. The van der Waals surface area contributed by atoms with Gasteiger partial charge in [0.05, 0.1) is 5.51 Å². The van der Waals surface area contributed by atoms with Gasteiger partial charge in [-0.05, 0) is 25.9 Å². The van der Waals surface area contributed by atoms with E-state index in [2.05, 4.69) is 9.88 Å². The number of nitrogens with zero attached hydrogens (tertiary/aromatic N) is 2. The Morgan fingerprint density at radius 1 is 1.50 bits per heavy atom. The summed E-state index contributed by atoms with van der Waals surface area (Å²) in [4.78, 5) is 7.88. The monoisotopic (exact) mass is 233 g/mol. The van der Waals surface area contributed by atoms with Gasteiger partial charge < -0.3 is 5.73 Å².